The van der Waals surface area contributed by atoms with Crippen molar-refractivity contribution in [3.63, 3.8) is 0 Å². The van der Waals surface area contributed by atoms with Gasteiger partial charge in [0.1, 0.15) is 5.75 Å². The largest absolute Gasteiger partial charge is 0.398 e. The van der Waals surface area contributed by atoms with E-state index in [0.29, 0.717) is 16.6 Å². The van der Waals surface area contributed by atoms with E-state index in [1.165, 1.54) is 0 Å². The fraction of sp³-hybridized carbons (Fsp3) is 0.364. The summed E-state index contributed by atoms with van der Waals surface area (Å²) in [5, 5.41) is 2.80. The molecule has 1 amide bonds. The zero-order chi connectivity index (χ0) is 11.5. The average Bonchev–Trinajstić information content (AvgIpc) is 3.01. The Morgan fingerprint density at radius 1 is 1.44 bits per heavy atom. The molecule has 2 rings (SSSR count). The Hall–Kier alpha value is -1.36. The topological polar surface area (TPSA) is 72.2 Å². The first-order valence-corrected chi connectivity index (χ1v) is 6.51. The Balaban J connectivity index is 1.96. The van der Waals surface area contributed by atoms with Crippen molar-refractivity contribution in [1.82, 2.24) is 5.32 Å². The van der Waals surface area contributed by atoms with Crippen molar-refractivity contribution in [2.45, 2.75) is 23.8 Å². The summed E-state index contributed by atoms with van der Waals surface area (Å²) in [5.41, 5.74) is 6.16. The van der Waals surface area contributed by atoms with Crippen molar-refractivity contribution in [2.24, 2.45) is 0 Å². The summed E-state index contributed by atoms with van der Waals surface area (Å²) in [7, 11) is -1.35. The van der Waals surface area contributed by atoms with Gasteiger partial charge in [0, 0.05) is 11.7 Å². The molecule has 0 aromatic heterocycles. The van der Waals surface area contributed by atoms with Crippen LogP contribution < -0.4 is 11.1 Å². The Morgan fingerprint density at radius 3 is 2.75 bits per heavy atom. The van der Waals surface area contributed by atoms with Crippen molar-refractivity contribution >= 4 is 22.4 Å². The first-order valence-electron chi connectivity index (χ1n) is 5.19. The highest BCUT2D eigenvalue weighted by atomic mass is 32.2. The number of benzene rings is 1. The van der Waals surface area contributed by atoms with Crippen molar-refractivity contribution < 1.29 is 9.00 Å². The third-order valence-corrected chi connectivity index (χ3v) is 3.76. The first kappa shape index (κ1) is 11.1. The van der Waals surface area contributed by atoms with Crippen LogP contribution in [0, 0.1) is 0 Å². The van der Waals surface area contributed by atoms with E-state index < -0.39 is 10.8 Å². The molecule has 16 heavy (non-hydrogen) atoms. The van der Waals surface area contributed by atoms with Crippen LogP contribution in [0.15, 0.2) is 29.2 Å². The number of nitrogens with one attached hydrogen (secondary N) is 1. The summed E-state index contributed by atoms with van der Waals surface area (Å²) < 4.78 is 11.8. The normalized spacial score (nSPS) is 16.8. The molecule has 1 aromatic carbocycles. The fourth-order valence-electron chi connectivity index (χ4n) is 1.38. The van der Waals surface area contributed by atoms with Gasteiger partial charge in [0.05, 0.1) is 15.7 Å². The second-order valence-electron chi connectivity index (χ2n) is 3.87. The molecule has 0 heterocycles. The smallest absolute Gasteiger partial charge is 0.233 e. The van der Waals surface area contributed by atoms with Crippen LogP contribution in [0.25, 0.3) is 0 Å². The minimum Gasteiger partial charge on any atom is -0.398 e. The quantitative estimate of drug-likeness (QED) is 0.757. The van der Waals surface area contributed by atoms with Crippen LogP contribution in [0.4, 0.5) is 5.69 Å². The van der Waals surface area contributed by atoms with E-state index in [2.05, 4.69) is 5.32 Å². The Labute approximate surface area is 96.7 Å². The lowest BCUT2D eigenvalue weighted by molar-refractivity contribution is -0.118. The molecule has 4 nitrogen and oxygen atoms in total. The molecule has 5 heteroatoms. The summed E-state index contributed by atoms with van der Waals surface area (Å²) in [6.45, 7) is 0. The number of para-hydroxylation sites is 1. The van der Waals surface area contributed by atoms with E-state index >= 15 is 0 Å². The second kappa shape index (κ2) is 4.65. The van der Waals surface area contributed by atoms with Gasteiger partial charge < -0.3 is 11.1 Å². The monoisotopic (exact) mass is 238 g/mol. The fourth-order valence-corrected chi connectivity index (χ4v) is 2.42. The Kier molecular flexibility index (Phi) is 3.24. The van der Waals surface area contributed by atoms with Gasteiger partial charge in [-0.25, -0.2) is 0 Å². The number of carbonyl (C=O) groups is 1. The van der Waals surface area contributed by atoms with E-state index in [-0.39, 0.29) is 11.7 Å². The van der Waals surface area contributed by atoms with Crippen LogP contribution in [0.3, 0.4) is 0 Å². The van der Waals surface area contributed by atoms with Crippen molar-refractivity contribution in [1.29, 1.82) is 0 Å². The van der Waals surface area contributed by atoms with Crippen molar-refractivity contribution in [3.05, 3.63) is 24.3 Å². The van der Waals surface area contributed by atoms with Gasteiger partial charge in [0.25, 0.3) is 0 Å². The van der Waals surface area contributed by atoms with Gasteiger partial charge in [-0.2, -0.15) is 0 Å². The van der Waals surface area contributed by atoms with Crippen LogP contribution in [-0.2, 0) is 15.6 Å². The standard InChI is InChI=1S/C11H14N2O2S/c12-9-3-1-2-4-10(9)16(15)7-11(14)13-8-5-6-8/h1-4,8H,5-7,12H2,(H,13,14). The zero-order valence-electron chi connectivity index (χ0n) is 8.81. The summed E-state index contributed by atoms with van der Waals surface area (Å²) in [4.78, 5) is 12.0. The van der Waals surface area contributed by atoms with Gasteiger partial charge in [-0.05, 0) is 25.0 Å². The molecule has 1 aromatic rings. The average molecular weight is 238 g/mol. The molecule has 1 saturated carbocycles. The van der Waals surface area contributed by atoms with Gasteiger partial charge >= 0.3 is 0 Å². The molecule has 1 unspecified atom stereocenters. The minimum atomic E-state index is -1.35. The molecule has 0 saturated heterocycles. The van der Waals surface area contributed by atoms with Crippen molar-refractivity contribution in [2.75, 3.05) is 11.5 Å². The molecule has 1 aliphatic carbocycles. The molecule has 0 aliphatic heterocycles. The lowest BCUT2D eigenvalue weighted by Gasteiger charge is -2.05. The van der Waals surface area contributed by atoms with Gasteiger partial charge in [-0.15, -0.1) is 0 Å². The highest BCUT2D eigenvalue weighted by Gasteiger charge is 2.24. The molecule has 0 spiro atoms. The number of carbonyl (C=O) groups excluding carboxylic acids is 1. The Bertz CT molecular complexity index is 430. The summed E-state index contributed by atoms with van der Waals surface area (Å²) in [6.07, 6.45) is 2.07. The predicted octanol–water partition coefficient (Wildman–Crippen LogP) is 0.655. The van der Waals surface area contributed by atoms with Crippen LogP contribution in [0.2, 0.25) is 0 Å². The lowest BCUT2D eigenvalue weighted by atomic mass is 10.3. The number of hydrogen-bond acceptors (Lipinski definition) is 3. The van der Waals surface area contributed by atoms with Crippen LogP contribution >= 0.6 is 0 Å². The van der Waals surface area contributed by atoms with Crippen LogP contribution in [-0.4, -0.2) is 21.9 Å². The van der Waals surface area contributed by atoms with Crippen LogP contribution in [0.5, 0.6) is 0 Å². The molecule has 3 N–H and O–H groups in total. The molecule has 0 bridgehead atoms. The molecule has 1 atom stereocenters. The van der Waals surface area contributed by atoms with Gasteiger partial charge in [0.15, 0.2) is 0 Å². The van der Waals surface area contributed by atoms with Gasteiger partial charge in [-0.3, -0.25) is 9.00 Å². The van der Waals surface area contributed by atoms with E-state index in [9.17, 15) is 9.00 Å². The molecule has 0 radical (unpaired) electrons. The molecular formula is C11H14N2O2S. The third kappa shape index (κ3) is 2.82. The number of rotatable bonds is 4. The molecule has 86 valence electrons. The Morgan fingerprint density at radius 2 is 2.12 bits per heavy atom. The number of hydrogen-bond donors (Lipinski definition) is 2. The first-order chi connectivity index (χ1) is 7.66. The molecule has 1 aliphatic rings. The SMILES string of the molecule is Nc1ccccc1S(=O)CC(=O)NC1CC1. The number of amides is 1. The van der Waals surface area contributed by atoms with E-state index in [1.807, 2.05) is 0 Å². The minimum absolute atomic E-state index is 0.00921. The highest BCUT2D eigenvalue weighted by molar-refractivity contribution is 7.86. The van der Waals surface area contributed by atoms with Gasteiger partial charge in [-0.1, -0.05) is 12.1 Å². The maximum atomic E-state index is 11.8. The highest BCUT2D eigenvalue weighted by Crippen LogP contribution is 2.19. The van der Waals surface area contributed by atoms with Crippen LogP contribution in [0.1, 0.15) is 12.8 Å². The third-order valence-electron chi connectivity index (χ3n) is 2.37. The summed E-state index contributed by atoms with van der Waals surface area (Å²) >= 11 is 0. The number of anilines is 1. The lowest BCUT2D eigenvalue weighted by Crippen LogP contribution is -2.30. The number of nitrogen functional groups attached to an aromatic ring is 1. The van der Waals surface area contributed by atoms with Gasteiger partial charge in [0.2, 0.25) is 5.91 Å². The maximum absolute atomic E-state index is 11.8. The zero-order valence-corrected chi connectivity index (χ0v) is 9.63. The maximum Gasteiger partial charge on any atom is 0.233 e. The summed E-state index contributed by atoms with van der Waals surface area (Å²) in [5.74, 6) is -0.172. The summed E-state index contributed by atoms with van der Waals surface area (Å²) in [6, 6.07) is 7.22. The van der Waals surface area contributed by atoms with E-state index in [1.54, 1.807) is 24.3 Å². The molecule has 1 fully saturated rings. The molecular weight excluding hydrogens is 224 g/mol. The van der Waals surface area contributed by atoms with Crippen molar-refractivity contribution in [3.8, 4) is 0 Å². The second-order valence-corrected chi connectivity index (χ2v) is 5.29. The number of nitrogens with two attached hydrogens (primary N) is 1. The van der Waals surface area contributed by atoms with E-state index in [0.717, 1.165) is 12.8 Å². The predicted molar refractivity (Wildman–Crippen MR) is 63.3 cm³/mol. The van der Waals surface area contributed by atoms with E-state index in [4.69, 9.17) is 5.73 Å².